The van der Waals surface area contributed by atoms with E-state index in [-0.39, 0.29) is 33.1 Å². The number of amides is 3. The lowest BCUT2D eigenvalue weighted by atomic mass is 9.81. The second-order valence-electron chi connectivity index (χ2n) is 8.73. The SMILES string of the molecule is O=C(c1ccc(Cl)cc1)[C@H](CCCl)N(C(=O)c1ccc(Cl)cc1)N1C(=O)[C@@H]2C[C@H](Br)[C@@H](Br)C[C@H]2C1=O. The molecular weight excluding hydrogens is 658 g/mol. The van der Waals surface area contributed by atoms with Crippen LogP contribution in [0.4, 0.5) is 0 Å². The normalized spacial score (nSPS) is 24.4. The monoisotopic (exact) mass is 676 g/mol. The summed E-state index contributed by atoms with van der Waals surface area (Å²) >= 11 is 25.2. The molecule has 0 N–H and O–H groups in total. The van der Waals surface area contributed by atoms with Crippen LogP contribution in [0, 0.1) is 11.8 Å². The van der Waals surface area contributed by atoms with Gasteiger partial charge in [0, 0.05) is 36.7 Å². The van der Waals surface area contributed by atoms with Crippen molar-refractivity contribution < 1.29 is 19.2 Å². The first-order chi connectivity index (χ1) is 17.1. The van der Waals surface area contributed by atoms with Crippen LogP contribution < -0.4 is 0 Å². The molecule has 0 unspecified atom stereocenters. The summed E-state index contributed by atoms with van der Waals surface area (Å²) in [4.78, 5) is 54.8. The number of benzene rings is 2. The van der Waals surface area contributed by atoms with Crippen LogP contribution in [0.3, 0.4) is 0 Å². The molecule has 0 aromatic heterocycles. The number of hydrazine groups is 1. The number of halogens is 5. The molecule has 1 saturated carbocycles. The molecular formula is C25H21Br2Cl3N2O4. The zero-order valence-electron chi connectivity index (χ0n) is 18.8. The first-order valence-corrected chi connectivity index (χ1v) is 14.4. The maximum atomic E-state index is 13.9. The molecule has 4 rings (SSSR count). The maximum Gasteiger partial charge on any atom is 0.273 e. The van der Waals surface area contributed by atoms with E-state index < -0.39 is 41.4 Å². The molecule has 0 bridgehead atoms. The van der Waals surface area contributed by atoms with E-state index in [4.69, 9.17) is 34.8 Å². The highest BCUT2D eigenvalue weighted by atomic mass is 79.9. The van der Waals surface area contributed by atoms with Crippen LogP contribution in [-0.4, -0.2) is 55.1 Å². The Kier molecular flexibility index (Phi) is 8.83. The quantitative estimate of drug-likeness (QED) is 0.200. The second kappa shape index (κ2) is 11.5. The molecule has 3 amide bonds. The average Bonchev–Trinajstić information content (AvgIpc) is 3.08. The molecule has 1 saturated heterocycles. The minimum Gasteiger partial charge on any atom is -0.292 e. The first-order valence-electron chi connectivity index (χ1n) is 11.2. The van der Waals surface area contributed by atoms with E-state index in [0.29, 0.717) is 22.9 Å². The Labute approximate surface area is 240 Å². The molecule has 1 aliphatic heterocycles. The fourth-order valence-electron chi connectivity index (χ4n) is 4.66. The zero-order valence-corrected chi connectivity index (χ0v) is 24.2. The number of ketones is 1. The largest absolute Gasteiger partial charge is 0.292 e. The van der Waals surface area contributed by atoms with Crippen LogP contribution in [0.15, 0.2) is 48.5 Å². The van der Waals surface area contributed by atoms with Crippen molar-refractivity contribution in [3.63, 3.8) is 0 Å². The Balaban J connectivity index is 1.80. The molecule has 2 aliphatic rings. The predicted molar refractivity (Wildman–Crippen MR) is 146 cm³/mol. The van der Waals surface area contributed by atoms with E-state index >= 15 is 0 Å². The van der Waals surface area contributed by atoms with E-state index in [1.807, 2.05) is 0 Å². The number of imide groups is 1. The summed E-state index contributed by atoms with van der Waals surface area (Å²) in [7, 11) is 0. The predicted octanol–water partition coefficient (Wildman–Crippen LogP) is 6.15. The molecule has 11 heteroatoms. The summed E-state index contributed by atoms with van der Waals surface area (Å²) in [5, 5.41) is 2.73. The number of hydrogen-bond acceptors (Lipinski definition) is 4. The molecule has 5 atom stereocenters. The van der Waals surface area contributed by atoms with Gasteiger partial charge < -0.3 is 0 Å². The van der Waals surface area contributed by atoms with Gasteiger partial charge >= 0.3 is 0 Å². The number of fused-ring (bicyclic) bond motifs is 1. The Morgan fingerprint density at radius 3 is 1.75 bits per heavy atom. The molecule has 36 heavy (non-hydrogen) atoms. The molecule has 1 heterocycles. The summed E-state index contributed by atoms with van der Waals surface area (Å²) in [5.41, 5.74) is 0.455. The number of hydrogen-bond donors (Lipinski definition) is 0. The third kappa shape index (κ3) is 5.39. The third-order valence-corrected chi connectivity index (χ3v) is 9.97. The van der Waals surface area contributed by atoms with Crippen molar-refractivity contribution in [2.24, 2.45) is 11.8 Å². The zero-order chi connectivity index (χ0) is 26.1. The molecule has 6 nitrogen and oxygen atoms in total. The van der Waals surface area contributed by atoms with Crippen LogP contribution in [0.25, 0.3) is 0 Å². The average molecular weight is 680 g/mol. The van der Waals surface area contributed by atoms with Crippen LogP contribution in [0.2, 0.25) is 10.0 Å². The van der Waals surface area contributed by atoms with Gasteiger partial charge in [-0.05, 0) is 67.8 Å². The number of alkyl halides is 3. The summed E-state index contributed by atoms with van der Waals surface area (Å²) in [5.74, 6) is -3.31. The Bertz CT molecular complexity index is 1150. The van der Waals surface area contributed by atoms with Crippen molar-refractivity contribution in [2.75, 3.05) is 5.88 Å². The number of Topliss-reactive ketones (excluding diaryl/α,β-unsaturated/α-hetero) is 1. The number of carbonyl (C=O) groups excluding carboxylic acids is 4. The Hall–Kier alpha value is -1.45. The van der Waals surface area contributed by atoms with E-state index in [1.54, 1.807) is 12.1 Å². The lowest BCUT2D eigenvalue weighted by Crippen LogP contribution is -2.57. The van der Waals surface area contributed by atoms with E-state index in [2.05, 4.69) is 31.9 Å². The lowest BCUT2D eigenvalue weighted by Gasteiger charge is -2.36. The maximum absolute atomic E-state index is 13.9. The van der Waals surface area contributed by atoms with Crippen molar-refractivity contribution in [1.29, 1.82) is 0 Å². The molecule has 2 fully saturated rings. The molecule has 0 spiro atoms. The van der Waals surface area contributed by atoms with Crippen molar-refractivity contribution in [3.8, 4) is 0 Å². The minimum atomic E-state index is -1.19. The van der Waals surface area contributed by atoms with Crippen molar-refractivity contribution >= 4 is 90.2 Å². The van der Waals surface area contributed by atoms with Gasteiger partial charge in [0.1, 0.15) is 6.04 Å². The van der Waals surface area contributed by atoms with Gasteiger partial charge in [-0.25, -0.2) is 5.01 Å². The highest BCUT2D eigenvalue weighted by molar-refractivity contribution is 9.12. The number of carbonyl (C=O) groups is 4. The topological polar surface area (TPSA) is 74.8 Å². The highest BCUT2D eigenvalue weighted by Gasteiger charge is 2.56. The molecule has 1 aliphatic carbocycles. The Morgan fingerprint density at radius 1 is 0.861 bits per heavy atom. The Morgan fingerprint density at radius 2 is 1.31 bits per heavy atom. The van der Waals surface area contributed by atoms with Gasteiger partial charge in [0.15, 0.2) is 5.78 Å². The van der Waals surface area contributed by atoms with Crippen molar-refractivity contribution in [1.82, 2.24) is 10.0 Å². The molecule has 0 radical (unpaired) electrons. The van der Waals surface area contributed by atoms with Gasteiger partial charge in [-0.15, -0.1) is 11.6 Å². The van der Waals surface area contributed by atoms with Crippen LogP contribution in [0.1, 0.15) is 40.0 Å². The van der Waals surface area contributed by atoms with Crippen molar-refractivity contribution in [3.05, 3.63) is 69.7 Å². The molecule has 190 valence electrons. The smallest absolute Gasteiger partial charge is 0.273 e. The fourth-order valence-corrected chi connectivity index (χ4v) is 6.36. The van der Waals surface area contributed by atoms with Gasteiger partial charge in [0.05, 0.1) is 11.8 Å². The third-order valence-electron chi connectivity index (χ3n) is 6.51. The molecule has 2 aromatic rings. The fraction of sp³-hybridized carbons (Fsp3) is 0.360. The number of nitrogens with zero attached hydrogens (tertiary/aromatic N) is 2. The van der Waals surface area contributed by atoms with E-state index in [0.717, 1.165) is 10.0 Å². The van der Waals surface area contributed by atoms with Gasteiger partial charge in [0.2, 0.25) is 0 Å². The molecule has 2 aromatic carbocycles. The lowest BCUT2D eigenvalue weighted by molar-refractivity contribution is -0.156. The van der Waals surface area contributed by atoms with Gasteiger partial charge in [-0.2, -0.15) is 5.01 Å². The minimum absolute atomic E-state index is 0.00907. The first kappa shape index (κ1) is 27.6. The van der Waals surface area contributed by atoms with Crippen LogP contribution in [0.5, 0.6) is 0 Å². The number of rotatable bonds is 7. The van der Waals surface area contributed by atoms with Gasteiger partial charge in [0.25, 0.3) is 17.7 Å². The van der Waals surface area contributed by atoms with Crippen molar-refractivity contribution in [2.45, 2.75) is 35.0 Å². The summed E-state index contributed by atoms with van der Waals surface area (Å²) in [6.45, 7) is 0. The van der Waals surface area contributed by atoms with Gasteiger partial charge in [-0.1, -0.05) is 55.1 Å². The van der Waals surface area contributed by atoms with Crippen LogP contribution in [-0.2, 0) is 9.59 Å². The van der Waals surface area contributed by atoms with Crippen LogP contribution >= 0.6 is 66.7 Å². The highest BCUT2D eigenvalue weighted by Crippen LogP contribution is 2.44. The second-order valence-corrected chi connectivity index (χ2v) is 12.3. The summed E-state index contributed by atoms with van der Waals surface area (Å²) in [6, 6.07) is 11.0. The summed E-state index contributed by atoms with van der Waals surface area (Å²) < 4.78 is 0. The van der Waals surface area contributed by atoms with Gasteiger partial charge in [-0.3, -0.25) is 19.2 Å². The summed E-state index contributed by atoms with van der Waals surface area (Å²) in [6.07, 6.45) is 0.878. The van der Waals surface area contributed by atoms with E-state index in [9.17, 15) is 19.2 Å². The van der Waals surface area contributed by atoms with E-state index in [1.165, 1.54) is 36.4 Å². The standard InChI is InChI=1S/C25H21Br2Cl3N2O4/c26-19-11-17-18(12-20(19)27)25(36)32(24(17)35)31(23(34)14-3-7-16(30)8-4-14)21(9-10-28)22(33)13-1-5-15(29)6-2-13/h1-8,17-21H,9-12H2/t17-,18-,19+,20+,21+/m1/s1.